The van der Waals surface area contributed by atoms with Crippen molar-refractivity contribution in [3.8, 4) is 0 Å². The first kappa shape index (κ1) is 6.71. The monoisotopic (exact) mass is 130 g/mol. The molecule has 1 fully saturated rings. The van der Waals surface area contributed by atoms with Crippen molar-refractivity contribution in [1.29, 1.82) is 0 Å². The summed E-state index contributed by atoms with van der Waals surface area (Å²) < 4.78 is 0. The quantitative estimate of drug-likeness (QED) is 0.462. The second kappa shape index (κ2) is 1.36. The third-order valence-corrected chi connectivity index (χ3v) is 2.23. The molecule has 0 aromatic rings. The van der Waals surface area contributed by atoms with Gasteiger partial charge in [-0.2, -0.15) is 0 Å². The van der Waals surface area contributed by atoms with E-state index in [2.05, 4.69) is 0 Å². The number of aldehydes is 1. The Labute approximate surface area is 53.3 Å². The number of aliphatic hydroxyl groups is 2. The molecule has 2 N–H and O–H groups in total. The minimum Gasteiger partial charge on any atom is -0.389 e. The van der Waals surface area contributed by atoms with E-state index in [1.807, 2.05) is 0 Å². The van der Waals surface area contributed by atoms with Gasteiger partial charge in [-0.25, -0.2) is 0 Å². The zero-order valence-electron chi connectivity index (χ0n) is 5.46. The van der Waals surface area contributed by atoms with Crippen LogP contribution in [0.3, 0.4) is 0 Å². The van der Waals surface area contributed by atoms with Crippen LogP contribution in [0.2, 0.25) is 0 Å². The normalized spacial score (nSPS) is 46.4. The summed E-state index contributed by atoms with van der Waals surface area (Å²) in [7, 11) is 0. The van der Waals surface area contributed by atoms with Gasteiger partial charge in [-0.05, 0) is 0 Å². The molecule has 0 bridgehead atoms. The number of aliphatic hydroxyl groups excluding tert-OH is 1. The van der Waals surface area contributed by atoms with Gasteiger partial charge in [0.05, 0.1) is 6.10 Å². The zero-order valence-corrected chi connectivity index (χ0v) is 5.46. The van der Waals surface area contributed by atoms with E-state index in [0.717, 1.165) is 0 Å². The Morgan fingerprint density at radius 2 is 1.89 bits per heavy atom. The average Bonchev–Trinajstić information content (AvgIpc) is 2.16. The van der Waals surface area contributed by atoms with Crippen LogP contribution in [0.5, 0.6) is 0 Å². The smallest absolute Gasteiger partial charge is 0.154 e. The Balaban J connectivity index is 2.81. The molecule has 0 amide bonds. The Kier molecular flexibility index (Phi) is 1.01. The molecule has 1 aliphatic rings. The minimum absolute atomic E-state index is 0.400. The van der Waals surface area contributed by atoms with Gasteiger partial charge in [0.2, 0.25) is 0 Å². The molecule has 1 aliphatic carbocycles. The molecule has 0 radical (unpaired) electrons. The second-order valence-electron chi connectivity index (χ2n) is 3.07. The van der Waals surface area contributed by atoms with Gasteiger partial charge in [0.15, 0.2) is 11.9 Å². The van der Waals surface area contributed by atoms with Crippen LogP contribution in [-0.2, 0) is 4.79 Å². The molecular weight excluding hydrogens is 120 g/mol. The van der Waals surface area contributed by atoms with Gasteiger partial charge in [-0.1, -0.05) is 13.8 Å². The van der Waals surface area contributed by atoms with Crippen molar-refractivity contribution in [2.75, 3.05) is 0 Å². The number of hydrogen-bond acceptors (Lipinski definition) is 3. The molecule has 0 aromatic heterocycles. The lowest BCUT2D eigenvalue weighted by Crippen LogP contribution is -2.18. The van der Waals surface area contributed by atoms with Gasteiger partial charge in [-0.15, -0.1) is 0 Å². The molecule has 0 saturated heterocycles. The van der Waals surface area contributed by atoms with Crippen LogP contribution < -0.4 is 0 Å². The van der Waals surface area contributed by atoms with Gasteiger partial charge in [-0.3, -0.25) is 0 Å². The second-order valence-corrected chi connectivity index (χ2v) is 3.07. The molecule has 3 nitrogen and oxygen atoms in total. The third kappa shape index (κ3) is 0.509. The number of rotatable bonds is 1. The molecule has 1 saturated carbocycles. The van der Waals surface area contributed by atoms with Gasteiger partial charge in [0, 0.05) is 5.41 Å². The van der Waals surface area contributed by atoms with E-state index in [4.69, 9.17) is 10.2 Å². The third-order valence-electron chi connectivity index (χ3n) is 2.23. The van der Waals surface area contributed by atoms with E-state index in [-0.39, 0.29) is 0 Å². The highest BCUT2D eigenvalue weighted by molar-refractivity contribution is 5.72. The fourth-order valence-electron chi connectivity index (χ4n) is 0.963. The summed E-state index contributed by atoms with van der Waals surface area (Å²) in [6.07, 6.45) is -0.486. The fraction of sp³-hybridized carbons (Fsp3) is 0.833. The summed E-state index contributed by atoms with van der Waals surface area (Å²) >= 11 is 0. The standard InChI is InChI=1S/C6H10O3/c1-5(2)4(8)6(5,9)3-7/h3-4,8-9H,1-2H3/t4-,6+/m0/s1. The summed E-state index contributed by atoms with van der Waals surface area (Å²) in [6, 6.07) is 0. The SMILES string of the molecule is CC1(C)[C@H](O)[C@]1(O)C=O. The highest BCUT2D eigenvalue weighted by Crippen LogP contribution is 2.53. The molecule has 9 heavy (non-hydrogen) atoms. The molecule has 0 aromatic carbocycles. The number of hydrogen-bond donors (Lipinski definition) is 2. The van der Waals surface area contributed by atoms with E-state index in [1.165, 1.54) is 0 Å². The Bertz CT molecular complexity index is 152. The predicted octanol–water partition coefficient (Wildman–Crippen LogP) is -0.683. The van der Waals surface area contributed by atoms with Gasteiger partial charge in [0.25, 0.3) is 0 Å². The van der Waals surface area contributed by atoms with Crippen LogP contribution in [0.25, 0.3) is 0 Å². The molecule has 3 heteroatoms. The van der Waals surface area contributed by atoms with Crippen LogP contribution in [0.4, 0.5) is 0 Å². The summed E-state index contributed by atoms with van der Waals surface area (Å²) in [5.41, 5.74) is -2.12. The van der Waals surface area contributed by atoms with Crippen molar-refractivity contribution in [1.82, 2.24) is 0 Å². The van der Waals surface area contributed by atoms with Gasteiger partial charge >= 0.3 is 0 Å². The Hall–Kier alpha value is -0.410. The van der Waals surface area contributed by atoms with E-state index in [1.54, 1.807) is 13.8 Å². The fourth-order valence-corrected chi connectivity index (χ4v) is 0.963. The maximum absolute atomic E-state index is 10.1. The Morgan fingerprint density at radius 1 is 1.56 bits per heavy atom. The molecular formula is C6H10O3. The minimum atomic E-state index is -1.48. The highest BCUT2D eigenvalue weighted by atomic mass is 16.4. The van der Waals surface area contributed by atoms with E-state index in [9.17, 15) is 4.79 Å². The first-order valence-electron chi connectivity index (χ1n) is 2.83. The summed E-state index contributed by atoms with van der Waals surface area (Å²) in [6.45, 7) is 3.29. The van der Waals surface area contributed by atoms with Crippen molar-refractivity contribution >= 4 is 6.29 Å². The van der Waals surface area contributed by atoms with Crippen molar-refractivity contribution in [2.45, 2.75) is 25.6 Å². The number of carbonyl (C=O) groups excluding carboxylic acids is 1. The lowest BCUT2D eigenvalue weighted by Gasteiger charge is -2.00. The van der Waals surface area contributed by atoms with Gasteiger partial charge in [0.1, 0.15) is 0 Å². The first-order chi connectivity index (χ1) is 3.97. The van der Waals surface area contributed by atoms with Gasteiger partial charge < -0.3 is 15.0 Å². The number of carbonyl (C=O) groups is 1. The van der Waals surface area contributed by atoms with Crippen LogP contribution >= 0.6 is 0 Å². The maximum atomic E-state index is 10.1. The molecule has 0 aliphatic heterocycles. The van der Waals surface area contributed by atoms with E-state index >= 15 is 0 Å². The topological polar surface area (TPSA) is 57.5 Å². The molecule has 2 atom stereocenters. The van der Waals surface area contributed by atoms with Crippen molar-refractivity contribution in [2.24, 2.45) is 5.41 Å². The van der Waals surface area contributed by atoms with E-state index in [0.29, 0.717) is 6.29 Å². The highest BCUT2D eigenvalue weighted by Gasteiger charge is 2.71. The largest absolute Gasteiger partial charge is 0.389 e. The van der Waals surface area contributed by atoms with Crippen molar-refractivity contribution in [3.05, 3.63) is 0 Å². The summed E-state index contributed by atoms with van der Waals surface area (Å²) in [4.78, 5) is 10.1. The average molecular weight is 130 g/mol. The lowest BCUT2D eigenvalue weighted by atomic mass is 10.1. The predicted molar refractivity (Wildman–Crippen MR) is 30.8 cm³/mol. The molecule has 1 rings (SSSR count). The van der Waals surface area contributed by atoms with Crippen molar-refractivity contribution < 1.29 is 15.0 Å². The molecule has 0 spiro atoms. The zero-order chi connectivity index (χ0) is 7.28. The van der Waals surface area contributed by atoms with Crippen LogP contribution in [0, 0.1) is 5.41 Å². The maximum Gasteiger partial charge on any atom is 0.154 e. The van der Waals surface area contributed by atoms with E-state index < -0.39 is 17.1 Å². The van der Waals surface area contributed by atoms with Crippen molar-refractivity contribution in [3.63, 3.8) is 0 Å². The Morgan fingerprint density at radius 3 is 1.89 bits per heavy atom. The van der Waals surface area contributed by atoms with Crippen LogP contribution in [0.1, 0.15) is 13.8 Å². The molecule has 52 valence electrons. The molecule has 0 heterocycles. The lowest BCUT2D eigenvalue weighted by molar-refractivity contribution is -0.119. The van der Waals surface area contributed by atoms with Crippen LogP contribution in [0.15, 0.2) is 0 Å². The first-order valence-corrected chi connectivity index (χ1v) is 2.83. The van der Waals surface area contributed by atoms with Crippen LogP contribution in [-0.4, -0.2) is 28.2 Å². The molecule has 0 unspecified atom stereocenters. The summed E-state index contributed by atoms with van der Waals surface area (Å²) in [5.74, 6) is 0. The summed E-state index contributed by atoms with van der Waals surface area (Å²) in [5, 5.41) is 18.0.